The summed E-state index contributed by atoms with van der Waals surface area (Å²) in [5.41, 5.74) is 1.59. The number of H-pyrrole nitrogens is 1. The molecule has 2 aromatic heterocycles. The highest BCUT2D eigenvalue weighted by atomic mass is 19.1. The van der Waals surface area contributed by atoms with Crippen LogP contribution in [0.3, 0.4) is 0 Å². The van der Waals surface area contributed by atoms with Gasteiger partial charge in [0, 0.05) is 22.6 Å². The van der Waals surface area contributed by atoms with Crippen molar-refractivity contribution in [2.75, 3.05) is 18.5 Å². The van der Waals surface area contributed by atoms with Gasteiger partial charge < -0.3 is 15.4 Å². The Labute approximate surface area is 190 Å². The maximum Gasteiger partial charge on any atom is 0.225 e. The van der Waals surface area contributed by atoms with Crippen molar-refractivity contribution in [3.8, 4) is 17.1 Å². The zero-order chi connectivity index (χ0) is 23.4. The fourth-order valence-electron chi connectivity index (χ4n) is 3.10. The van der Waals surface area contributed by atoms with Crippen molar-refractivity contribution in [3.63, 3.8) is 0 Å². The van der Waals surface area contributed by atoms with E-state index in [1.807, 2.05) is 45.0 Å². The summed E-state index contributed by atoms with van der Waals surface area (Å²) >= 11 is 0. The molecule has 0 saturated heterocycles. The Balaban J connectivity index is 1.56. The van der Waals surface area contributed by atoms with Crippen LogP contribution in [0.15, 0.2) is 54.9 Å². The molecule has 3 N–H and O–H groups in total. The molecule has 8 nitrogen and oxygen atoms in total. The second-order valence-electron chi connectivity index (χ2n) is 8.55. The van der Waals surface area contributed by atoms with E-state index in [2.05, 4.69) is 30.8 Å². The van der Waals surface area contributed by atoms with E-state index in [4.69, 9.17) is 4.74 Å². The van der Waals surface area contributed by atoms with Crippen molar-refractivity contribution in [2.24, 2.45) is 5.41 Å². The maximum atomic E-state index is 13.9. The predicted molar refractivity (Wildman–Crippen MR) is 125 cm³/mol. The van der Waals surface area contributed by atoms with E-state index in [0.717, 1.165) is 5.56 Å². The average molecular weight is 449 g/mol. The van der Waals surface area contributed by atoms with E-state index >= 15 is 0 Å². The molecule has 0 unspecified atom stereocenters. The summed E-state index contributed by atoms with van der Waals surface area (Å²) in [7, 11) is 0. The Morgan fingerprint density at radius 2 is 2.00 bits per heavy atom. The third-order valence-corrected chi connectivity index (χ3v) is 4.85. The molecule has 170 valence electrons. The molecule has 1 amide bonds. The quantitative estimate of drug-likeness (QED) is 0.361. The van der Waals surface area contributed by atoms with Crippen LogP contribution in [-0.2, 0) is 4.79 Å². The molecule has 0 aliphatic heterocycles. The number of rotatable bonds is 7. The van der Waals surface area contributed by atoms with Crippen LogP contribution in [0.2, 0.25) is 0 Å². The number of benzene rings is 2. The zero-order valence-corrected chi connectivity index (χ0v) is 18.6. The molecule has 0 fully saturated rings. The van der Waals surface area contributed by atoms with Crippen molar-refractivity contribution in [1.29, 1.82) is 0 Å². The summed E-state index contributed by atoms with van der Waals surface area (Å²) in [5, 5.41) is 13.2. The van der Waals surface area contributed by atoms with Crippen LogP contribution in [0.5, 0.6) is 5.75 Å². The number of aromatic amines is 1. The van der Waals surface area contributed by atoms with Gasteiger partial charge in [-0.1, -0.05) is 32.9 Å². The van der Waals surface area contributed by atoms with Crippen LogP contribution in [0, 0.1) is 11.2 Å². The van der Waals surface area contributed by atoms with Gasteiger partial charge in [0.15, 0.2) is 5.82 Å². The number of hydrogen-bond acceptors (Lipinski definition) is 6. The van der Waals surface area contributed by atoms with Gasteiger partial charge in [-0.05, 0) is 30.3 Å². The summed E-state index contributed by atoms with van der Waals surface area (Å²) in [6.45, 7) is 6.31. The SMILES string of the molecule is CC(C)(C)C(=O)NCCOc1cccc(-c2nc(Nc3cn[nH]c3)c3cc(F)ccc3n2)c1. The molecule has 0 radical (unpaired) electrons. The number of nitrogens with zero attached hydrogens (tertiary/aromatic N) is 3. The lowest BCUT2D eigenvalue weighted by atomic mass is 9.96. The van der Waals surface area contributed by atoms with Crippen molar-refractivity contribution >= 4 is 28.3 Å². The van der Waals surface area contributed by atoms with E-state index in [0.29, 0.717) is 47.1 Å². The Hall–Kier alpha value is -4.01. The van der Waals surface area contributed by atoms with Crippen molar-refractivity contribution in [1.82, 2.24) is 25.5 Å². The standard InChI is InChI=1S/C24H25FN6O2/c1-24(2,3)23(32)26-9-10-33-18-6-4-5-15(11-18)21-30-20-8-7-16(25)12-19(20)22(31-21)29-17-13-27-28-14-17/h4-8,11-14H,9-10H2,1-3H3,(H,26,32)(H,27,28)(H,29,30,31). The molecule has 4 aromatic rings. The van der Waals surface area contributed by atoms with E-state index in [-0.39, 0.29) is 11.7 Å². The van der Waals surface area contributed by atoms with Gasteiger partial charge in [-0.2, -0.15) is 5.10 Å². The van der Waals surface area contributed by atoms with Crippen molar-refractivity contribution in [3.05, 3.63) is 60.7 Å². The second-order valence-corrected chi connectivity index (χ2v) is 8.55. The number of amides is 1. The van der Waals surface area contributed by atoms with Crippen LogP contribution in [-0.4, -0.2) is 39.2 Å². The maximum absolute atomic E-state index is 13.9. The molecule has 0 aliphatic rings. The molecule has 4 rings (SSSR count). The van der Waals surface area contributed by atoms with Gasteiger partial charge >= 0.3 is 0 Å². The van der Waals surface area contributed by atoms with E-state index in [1.54, 1.807) is 18.5 Å². The Bertz CT molecular complexity index is 1270. The van der Waals surface area contributed by atoms with E-state index in [1.165, 1.54) is 12.1 Å². The summed E-state index contributed by atoms with van der Waals surface area (Å²) < 4.78 is 19.7. The monoisotopic (exact) mass is 448 g/mol. The minimum atomic E-state index is -0.446. The molecule has 2 aromatic carbocycles. The van der Waals surface area contributed by atoms with Gasteiger partial charge in [0.05, 0.1) is 23.9 Å². The predicted octanol–water partition coefficient (Wildman–Crippen LogP) is 4.44. The topological polar surface area (TPSA) is 105 Å². The molecule has 0 spiro atoms. The summed E-state index contributed by atoms with van der Waals surface area (Å²) in [6.07, 6.45) is 3.29. The summed E-state index contributed by atoms with van der Waals surface area (Å²) in [6, 6.07) is 11.8. The number of ether oxygens (including phenoxy) is 1. The number of fused-ring (bicyclic) bond motifs is 1. The highest BCUT2D eigenvalue weighted by Crippen LogP contribution is 2.29. The van der Waals surface area contributed by atoms with Gasteiger partial charge in [-0.3, -0.25) is 9.89 Å². The first-order chi connectivity index (χ1) is 15.8. The first-order valence-corrected chi connectivity index (χ1v) is 10.5. The third kappa shape index (κ3) is 5.43. The number of halogens is 1. The lowest BCUT2D eigenvalue weighted by Crippen LogP contribution is -2.37. The normalized spacial score (nSPS) is 11.4. The second kappa shape index (κ2) is 9.23. The molecule has 0 saturated carbocycles. The Kier molecular flexibility index (Phi) is 6.21. The lowest BCUT2D eigenvalue weighted by molar-refractivity contribution is -0.128. The van der Waals surface area contributed by atoms with Crippen LogP contribution in [0.4, 0.5) is 15.9 Å². The number of hydrogen-bond donors (Lipinski definition) is 3. The third-order valence-electron chi connectivity index (χ3n) is 4.85. The number of carbonyl (C=O) groups is 1. The van der Waals surface area contributed by atoms with Gasteiger partial charge in [0.2, 0.25) is 5.91 Å². The molecule has 2 heterocycles. The molecule has 33 heavy (non-hydrogen) atoms. The van der Waals surface area contributed by atoms with Crippen LogP contribution in [0.1, 0.15) is 20.8 Å². The summed E-state index contributed by atoms with van der Waals surface area (Å²) in [5.74, 6) is 1.16. The van der Waals surface area contributed by atoms with E-state index in [9.17, 15) is 9.18 Å². The Morgan fingerprint density at radius 3 is 2.76 bits per heavy atom. The number of nitrogens with one attached hydrogen (secondary N) is 3. The largest absolute Gasteiger partial charge is 0.492 e. The average Bonchev–Trinajstić information content (AvgIpc) is 3.29. The van der Waals surface area contributed by atoms with Crippen molar-refractivity contribution < 1.29 is 13.9 Å². The first-order valence-electron chi connectivity index (χ1n) is 10.5. The van der Waals surface area contributed by atoms with Gasteiger partial charge in [-0.25, -0.2) is 14.4 Å². The van der Waals surface area contributed by atoms with Gasteiger partial charge in [0.1, 0.15) is 24.0 Å². The highest BCUT2D eigenvalue weighted by Gasteiger charge is 2.20. The fourth-order valence-corrected chi connectivity index (χ4v) is 3.10. The van der Waals surface area contributed by atoms with E-state index < -0.39 is 5.41 Å². The summed E-state index contributed by atoms with van der Waals surface area (Å²) in [4.78, 5) is 21.2. The van der Waals surface area contributed by atoms with Crippen LogP contribution >= 0.6 is 0 Å². The highest BCUT2D eigenvalue weighted by molar-refractivity contribution is 5.92. The molecular weight excluding hydrogens is 423 g/mol. The number of anilines is 2. The molecule has 0 atom stereocenters. The number of carbonyl (C=O) groups excluding carboxylic acids is 1. The minimum absolute atomic E-state index is 0.0292. The Morgan fingerprint density at radius 1 is 1.15 bits per heavy atom. The zero-order valence-electron chi connectivity index (χ0n) is 18.6. The smallest absolute Gasteiger partial charge is 0.225 e. The lowest BCUT2D eigenvalue weighted by Gasteiger charge is -2.17. The van der Waals surface area contributed by atoms with Crippen molar-refractivity contribution in [2.45, 2.75) is 20.8 Å². The first kappa shape index (κ1) is 22.2. The molecule has 0 bridgehead atoms. The number of aromatic nitrogens is 4. The minimum Gasteiger partial charge on any atom is -0.492 e. The van der Waals surface area contributed by atoms with Gasteiger partial charge in [0.25, 0.3) is 0 Å². The molecule has 9 heteroatoms. The van der Waals surface area contributed by atoms with Crippen LogP contribution < -0.4 is 15.4 Å². The molecular formula is C24H25FN6O2. The molecule has 0 aliphatic carbocycles. The van der Waals surface area contributed by atoms with Crippen LogP contribution in [0.25, 0.3) is 22.3 Å². The fraction of sp³-hybridized carbons (Fsp3) is 0.250. The van der Waals surface area contributed by atoms with Gasteiger partial charge in [-0.15, -0.1) is 0 Å².